The van der Waals surface area contributed by atoms with Crippen molar-refractivity contribution in [2.24, 2.45) is 0 Å². The molecule has 2 aromatic rings. The van der Waals surface area contributed by atoms with Crippen LogP contribution in [-0.2, 0) is 15.5 Å². The normalized spacial score (nSPS) is 11.4. The maximum Gasteiger partial charge on any atom is 0.264 e. The summed E-state index contributed by atoms with van der Waals surface area (Å²) < 4.78 is 54.4. The van der Waals surface area contributed by atoms with E-state index >= 15 is 0 Å². The number of benzene rings is 1. The summed E-state index contributed by atoms with van der Waals surface area (Å²) in [6.45, 7) is 0.0923. The summed E-state index contributed by atoms with van der Waals surface area (Å²) in [5.74, 6) is -3.31. The number of nitrogens with zero attached hydrogens (tertiary/aromatic N) is 1. The van der Waals surface area contributed by atoms with Gasteiger partial charge in [-0.25, -0.2) is 12.8 Å². The fourth-order valence-electron chi connectivity index (χ4n) is 1.64. The van der Waals surface area contributed by atoms with E-state index in [1.54, 1.807) is 18.5 Å². The number of ether oxygens (including phenoxy) is 1. The molecule has 2 rings (SSSR count). The van der Waals surface area contributed by atoms with Gasteiger partial charge in [0, 0.05) is 29.5 Å². The molecule has 8 heteroatoms. The van der Waals surface area contributed by atoms with Gasteiger partial charge >= 0.3 is 0 Å². The van der Waals surface area contributed by atoms with Crippen molar-refractivity contribution in [3.8, 4) is 5.75 Å². The average Bonchev–Trinajstić information content (AvgIpc) is 2.43. The number of pyridine rings is 1. The minimum absolute atomic E-state index is 0.0923. The molecule has 112 valence electrons. The molecule has 1 aromatic carbocycles. The van der Waals surface area contributed by atoms with Crippen LogP contribution in [0.5, 0.6) is 5.75 Å². The van der Waals surface area contributed by atoms with Gasteiger partial charge in [-0.2, -0.15) is 4.39 Å². The van der Waals surface area contributed by atoms with Gasteiger partial charge in [0.1, 0.15) is 4.90 Å². The van der Waals surface area contributed by atoms with Gasteiger partial charge in [0.15, 0.2) is 11.6 Å². The average molecular weight is 334 g/mol. The molecule has 0 spiro atoms. The maximum absolute atomic E-state index is 13.7. The molecule has 1 aromatic heterocycles. The minimum Gasteiger partial charge on any atom is -0.490 e. The highest BCUT2D eigenvalue weighted by Gasteiger charge is 2.22. The zero-order valence-corrected chi connectivity index (χ0v) is 12.2. The topological polar surface area (TPSA) is 56.3 Å². The number of halogens is 3. The third kappa shape index (κ3) is 3.89. The second-order valence-corrected chi connectivity index (χ2v) is 6.62. The van der Waals surface area contributed by atoms with Crippen molar-refractivity contribution in [3.63, 3.8) is 0 Å². The molecule has 0 fully saturated rings. The Balaban J connectivity index is 2.10. The predicted octanol–water partition coefficient (Wildman–Crippen LogP) is 2.91. The Hall–Kier alpha value is -1.73. The Morgan fingerprint density at radius 3 is 2.57 bits per heavy atom. The van der Waals surface area contributed by atoms with Crippen LogP contribution in [0.4, 0.5) is 8.78 Å². The Bertz CT molecular complexity index is 739. The molecule has 0 aliphatic heterocycles. The van der Waals surface area contributed by atoms with Crippen LogP contribution >= 0.6 is 10.7 Å². The lowest BCUT2D eigenvalue weighted by molar-refractivity contribution is 0.297. The van der Waals surface area contributed by atoms with Gasteiger partial charge in [-0.1, -0.05) is 6.07 Å². The molecule has 21 heavy (non-hydrogen) atoms. The molecule has 0 unspecified atom stereocenters. The molecule has 0 atom stereocenters. The summed E-state index contributed by atoms with van der Waals surface area (Å²) in [7, 11) is 0.647. The van der Waals surface area contributed by atoms with Crippen LogP contribution in [0.25, 0.3) is 0 Å². The van der Waals surface area contributed by atoms with E-state index in [2.05, 4.69) is 4.98 Å². The largest absolute Gasteiger partial charge is 0.490 e. The summed E-state index contributed by atoms with van der Waals surface area (Å²) in [6.07, 6.45) is 3.69. The quantitative estimate of drug-likeness (QED) is 0.789. The lowest BCUT2D eigenvalue weighted by atomic mass is 10.2. The first-order valence-electron chi connectivity index (χ1n) is 5.84. The van der Waals surface area contributed by atoms with Gasteiger partial charge in [0.2, 0.25) is 5.82 Å². The zero-order valence-electron chi connectivity index (χ0n) is 10.6. The molecule has 0 bridgehead atoms. The summed E-state index contributed by atoms with van der Waals surface area (Å²) in [6, 6.07) is 5.45. The highest BCUT2D eigenvalue weighted by atomic mass is 35.7. The van der Waals surface area contributed by atoms with E-state index in [4.69, 9.17) is 15.4 Å². The van der Waals surface area contributed by atoms with Crippen LogP contribution in [-0.4, -0.2) is 20.0 Å². The standard InChI is InChI=1S/C13H10ClF2NO3S/c14-21(18,19)11-4-3-10(12(15)13(11)16)20-7-5-9-2-1-6-17-8-9/h1-4,6,8H,5,7H2. The van der Waals surface area contributed by atoms with Crippen LogP contribution in [0, 0.1) is 11.6 Å². The summed E-state index contributed by atoms with van der Waals surface area (Å²) >= 11 is 0. The van der Waals surface area contributed by atoms with Crippen LogP contribution in [0.1, 0.15) is 5.56 Å². The fraction of sp³-hybridized carbons (Fsp3) is 0.154. The van der Waals surface area contributed by atoms with Gasteiger partial charge in [0.05, 0.1) is 6.61 Å². The van der Waals surface area contributed by atoms with Crippen molar-refractivity contribution in [2.75, 3.05) is 6.61 Å². The van der Waals surface area contributed by atoms with Gasteiger partial charge < -0.3 is 4.74 Å². The number of aromatic nitrogens is 1. The third-order valence-corrected chi connectivity index (χ3v) is 3.98. The maximum atomic E-state index is 13.7. The SMILES string of the molecule is O=S(=O)(Cl)c1ccc(OCCc2cccnc2)c(F)c1F. The van der Waals surface area contributed by atoms with Crippen LogP contribution in [0.2, 0.25) is 0 Å². The molecule has 1 heterocycles. The first-order chi connectivity index (χ1) is 9.89. The van der Waals surface area contributed by atoms with Crippen molar-refractivity contribution in [2.45, 2.75) is 11.3 Å². The van der Waals surface area contributed by atoms with E-state index in [0.29, 0.717) is 6.42 Å². The zero-order chi connectivity index (χ0) is 15.5. The van der Waals surface area contributed by atoms with Gasteiger partial charge in [-0.3, -0.25) is 4.98 Å². The van der Waals surface area contributed by atoms with E-state index in [1.165, 1.54) is 0 Å². The second kappa shape index (κ2) is 6.36. The molecule has 0 aliphatic rings. The van der Waals surface area contributed by atoms with E-state index in [-0.39, 0.29) is 12.4 Å². The number of rotatable bonds is 5. The highest BCUT2D eigenvalue weighted by molar-refractivity contribution is 8.13. The molecule has 0 aliphatic carbocycles. The Labute approximate surface area is 124 Å². The Morgan fingerprint density at radius 2 is 1.95 bits per heavy atom. The minimum atomic E-state index is -4.34. The van der Waals surface area contributed by atoms with Gasteiger partial charge in [-0.15, -0.1) is 0 Å². The molecule has 0 radical (unpaired) electrons. The van der Waals surface area contributed by atoms with Crippen LogP contribution in [0.3, 0.4) is 0 Å². The van der Waals surface area contributed by atoms with Gasteiger partial charge in [0.25, 0.3) is 9.05 Å². The molecular formula is C13H10ClF2NO3S. The number of hydrogen-bond donors (Lipinski definition) is 0. The number of hydrogen-bond acceptors (Lipinski definition) is 4. The Kier molecular flexibility index (Phi) is 4.74. The first kappa shape index (κ1) is 15.7. The highest BCUT2D eigenvalue weighted by Crippen LogP contribution is 2.27. The molecule has 0 N–H and O–H groups in total. The van der Waals surface area contributed by atoms with Crippen molar-refractivity contribution >= 4 is 19.7 Å². The third-order valence-electron chi connectivity index (χ3n) is 2.65. The van der Waals surface area contributed by atoms with Crippen molar-refractivity contribution in [1.29, 1.82) is 0 Å². The lowest BCUT2D eigenvalue weighted by Gasteiger charge is -2.09. The smallest absolute Gasteiger partial charge is 0.264 e. The lowest BCUT2D eigenvalue weighted by Crippen LogP contribution is -2.06. The molecule has 0 saturated heterocycles. The molecular weight excluding hydrogens is 324 g/mol. The van der Waals surface area contributed by atoms with E-state index in [0.717, 1.165) is 17.7 Å². The van der Waals surface area contributed by atoms with Gasteiger partial charge in [-0.05, 0) is 23.8 Å². The van der Waals surface area contributed by atoms with Crippen LogP contribution < -0.4 is 4.74 Å². The molecule has 0 saturated carbocycles. The monoisotopic (exact) mass is 333 g/mol. The first-order valence-corrected chi connectivity index (χ1v) is 8.15. The van der Waals surface area contributed by atoms with Crippen molar-refractivity contribution in [1.82, 2.24) is 4.98 Å². The van der Waals surface area contributed by atoms with E-state index in [9.17, 15) is 17.2 Å². The molecule has 4 nitrogen and oxygen atoms in total. The second-order valence-electron chi connectivity index (χ2n) is 4.09. The Morgan fingerprint density at radius 1 is 1.19 bits per heavy atom. The summed E-state index contributed by atoms with van der Waals surface area (Å²) in [5, 5.41) is 0. The predicted molar refractivity (Wildman–Crippen MR) is 72.8 cm³/mol. The fourth-order valence-corrected chi connectivity index (χ4v) is 2.53. The van der Waals surface area contributed by atoms with E-state index < -0.39 is 25.6 Å². The summed E-state index contributed by atoms with van der Waals surface area (Å²) in [5.41, 5.74) is 0.873. The van der Waals surface area contributed by atoms with Crippen molar-refractivity contribution in [3.05, 3.63) is 53.9 Å². The summed E-state index contributed by atoms with van der Waals surface area (Å²) in [4.78, 5) is 2.99. The van der Waals surface area contributed by atoms with E-state index in [1.807, 2.05) is 6.07 Å². The molecule has 0 amide bonds. The van der Waals surface area contributed by atoms with Crippen LogP contribution in [0.15, 0.2) is 41.6 Å². The van der Waals surface area contributed by atoms with Crippen molar-refractivity contribution < 1.29 is 21.9 Å².